The topological polar surface area (TPSA) is 87.1 Å². The van der Waals surface area contributed by atoms with Crippen molar-refractivity contribution in [2.45, 2.75) is 25.5 Å². The summed E-state index contributed by atoms with van der Waals surface area (Å²) < 4.78 is 24.4. The molecule has 0 saturated carbocycles. The quantitative estimate of drug-likeness (QED) is 0.267. The Kier molecular flexibility index (Phi) is 7.67. The smallest absolute Gasteiger partial charge is 0.367 e. The second kappa shape index (κ2) is 10.9. The number of esters is 1. The van der Waals surface area contributed by atoms with Crippen LogP contribution in [-0.2, 0) is 24.8 Å². The highest BCUT2D eigenvalue weighted by atomic mass is 19.1. The van der Waals surface area contributed by atoms with Crippen molar-refractivity contribution in [2.24, 2.45) is 0 Å². The molecular weight excluding hydrogens is 451 g/mol. The van der Waals surface area contributed by atoms with Gasteiger partial charge in [0.15, 0.2) is 0 Å². The molecule has 1 atom stereocenters. The molecule has 1 unspecified atom stereocenters. The van der Waals surface area contributed by atoms with Gasteiger partial charge < -0.3 is 19.3 Å². The molecule has 4 rings (SSSR count). The van der Waals surface area contributed by atoms with E-state index in [0.717, 1.165) is 24.0 Å². The summed E-state index contributed by atoms with van der Waals surface area (Å²) in [5.74, 6) is 0.109. The van der Waals surface area contributed by atoms with Gasteiger partial charge in [-0.2, -0.15) is 0 Å². The molecule has 1 aromatic carbocycles. The summed E-state index contributed by atoms with van der Waals surface area (Å²) in [7, 11) is 0. The van der Waals surface area contributed by atoms with Crippen molar-refractivity contribution in [3.8, 4) is 0 Å². The third kappa shape index (κ3) is 5.01. The van der Waals surface area contributed by atoms with Crippen LogP contribution in [0.1, 0.15) is 25.3 Å². The number of amidine groups is 1. The van der Waals surface area contributed by atoms with Gasteiger partial charge >= 0.3 is 5.97 Å². The van der Waals surface area contributed by atoms with Gasteiger partial charge in [0.1, 0.15) is 17.5 Å². The lowest BCUT2D eigenvalue weighted by atomic mass is 9.96. The molecule has 0 amide bonds. The Hall–Kier alpha value is -3.43. The van der Waals surface area contributed by atoms with Crippen LogP contribution in [0.2, 0.25) is 0 Å². The molecular formula is C26H31FN4O4. The van der Waals surface area contributed by atoms with Crippen molar-refractivity contribution in [1.82, 2.24) is 15.3 Å². The van der Waals surface area contributed by atoms with E-state index < -0.39 is 17.5 Å². The summed E-state index contributed by atoms with van der Waals surface area (Å²) in [6, 6.07) is 5.68. The molecule has 8 nitrogen and oxygen atoms in total. The van der Waals surface area contributed by atoms with Crippen molar-refractivity contribution in [2.75, 3.05) is 39.5 Å². The third-order valence-electron chi connectivity index (χ3n) is 6.23. The first kappa shape index (κ1) is 24.7. The minimum Gasteiger partial charge on any atom is -0.462 e. The Morgan fingerprint density at radius 3 is 2.69 bits per heavy atom. The number of fused-ring (bicyclic) bond motifs is 1. The van der Waals surface area contributed by atoms with Crippen LogP contribution in [0.25, 0.3) is 0 Å². The molecule has 186 valence electrons. The highest BCUT2D eigenvalue weighted by molar-refractivity contribution is 5.90. The van der Waals surface area contributed by atoms with Crippen molar-refractivity contribution in [1.29, 1.82) is 5.41 Å². The summed E-state index contributed by atoms with van der Waals surface area (Å²) in [5, 5.41) is 8.33. The Labute approximate surface area is 204 Å². The largest absolute Gasteiger partial charge is 0.462 e. The highest BCUT2D eigenvalue weighted by Gasteiger charge is 2.56. The minimum absolute atomic E-state index is 0.186. The zero-order valence-corrected chi connectivity index (χ0v) is 19.9. The van der Waals surface area contributed by atoms with E-state index in [1.165, 1.54) is 24.3 Å². The summed E-state index contributed by atoms with van der Waals surface area (Å²) in [4.78, 5) is 22.9. The predicted octanol–water partition coefficient (Wildman–Crippen LogP) is 3.36. The van der Waals surface area contributed by atoms with E-state index in [0.29, 0.717) is 50.1 Å². The van der Waals surface area contributed by atoms with Crippen molar-refractivity contribution < 1.29 is 23.5 Å². The summed E-state index contributed by atoms with van der Waals surface area (Å²) in [6.07, 6.45) is 8.84. The van der Waals surface area contributed by atoms with Crippen molar-refractivity contribution in [3.05, 3.63) is 83.5 Å². The van der Waals surface area contributed by atoms with Gasteiger partial charge in [0.05, 0.1) is 19.8 Å². The van der Waals surface area contributed by atoms with Crippen LogP contribution >= 0.6 is 0 Å². The number of ether oxygens (including phenoxy) is 2. The molecule has 2 fully saturated rings. The Morgan fingerprint density at radius 1 is 1.26 bits per heavy atom. The summed E-state index contributed by atoms with van der Waals surface area (Å²) in [6.45, 7) is 9.02. The standard InChI is InChI=1S/C26H31FN4O4/c1-3-19(7-12-23(28)30-14-16-33-17-15-30)18-20-6-5-13-31-24(20)29-35-26(31,25(32)34-4-2)21-8-10-22(27)11-9-21/h3,7-12,18,28-29H,1,4-6,13-17H2,2H3. The monoisotopic (exact) mass is 482 g/mol. The maximum Gasteiger partial charge on any atom is 0.367 e. The van der Waals surface area contributed by atoms with E-state index in [1.807, 2.05) is 22.0 Å². The number of carbonyl (C=O) groups is 1. The molecule has 3 heterocycles. The van der Waals surface area contributed by atoms with E-state index in [9.17, 15) is 9.18 Å². The fourth-order valence-corrected chi connectivity index (χ4v) is 4.43. The first-order valence-electron chi connectivity index (χ1n) is 11.8. The van der Waals surface area contributed by atoms with E-state index in [2.05, 4.69) is 12.1 Å². The number of allylic oxidation sites excluding steroid dienone is 5. The minimum atomic E-state index is -1.55. The maximum atomic E-state index is 13.6. The van der Waals surface area contributed by atoms with Gasteiger partial charge in [-0.15, -0.1) is 0 Å². The fraction of sp³-hybridized carbons (Fsp3) is 0.385. The summed E-state index contributed by atoms with van der Waals surface area (Å²) >= 11 is 0. The van der Waals surface area contributed by atoms with Gasteiger partial charge in [-0.1, -0.05) is 30.9 Å². The lowest BCUT2D eigenvalue weighted by molar-refractivity contribution is -0.192. The number of hydroxylamine groups is 1. The van der Waals surface area contributed by atoms with Crippen molar-refractivity contribution >= 4 is 11.8 Å². The number of benzene rings is 1. The number of halogens is 1. The molecule has 1 aromatic rings. The van der Waals surface area contributed by atoms with Gasteiger partial charge in [-0.05, 0) is 55.2 Å². The summed E-state index contributed by atoms with van der Waals surface area (Å²) in [5.41, 5.74) is 3.62. The van der Waals surface area contributed by atoms with Crippen LogP contribution in [0.3, 0.4) is 0 Å². The fourth-order valence-electron chi connectivity index (χ4n) is 4.43. The average molecular weight is 483 g/mol. The second-order valence-electron chi connectivity index (χ2n) is 8.37. The van der Waals surface area contributed by atoms with E-state index >= 15 is 0 Å². The van der Waals surface area contributed by atoms with Crippen LogP contribution in [0.5, 0.6) is 0 Å². The number of carbonyl (C=O) groups excluding carboxylic acids is 1. The zero-order chi connectivity index (χ0) is 24.8. The van der Waals surface area contributed by atoms with Crippen LogP contribution in [0.4, 0.5) is 4.39 Å². The lowest BCUT2D eigenvalue weighted by Gasteiger charge is -2.36. The first-order valence-corrected chi connectivity index (χ1v) is 11.8. The maximum absolute atomic E-state index is 13.6. The molecule has 2 N–H and O–H groups in total. The third-order valence-corrected chi connectivity index (χ3v) is 6.23. The first-order chi connectivity index (χ1) is 17.0. The number of nitrogens with zero attached hydrogens (tertiary/aromatic N) is 2. The van der Waals surface area contributed by atoms with Crippen LogP contribution in [-0.4, -0.2) is 61.1 Å². The van der Waals surface area contributed by atoms with Gasteiger partial charge in [0.2, 0.25) is 0 Å². The van der Waals surface area contributed by atoms with Gasteiger partial charge in [-0.25, -0.2) is 19.5 Å². The predicted molar refractivity (Wildman–Crippen MR) is 129 cm³/mol. The number of morpholine rings is 1. The number of nitrogens with one attached hydrogen (secondary N) is 2. The second-order valence-corrected chi connectivity index (χ2v) is 8.37. The van der Waals surface area contributed by atoms with E-state index in [4.69, 9.17) is 19.7 Å². The zero-order valence-electron chi connectivity index (χ0n) is 19.9. The van der Waals surface area contributed by atoms with Crippen LogP contribution in [0.15, 0.2) is 72.1 Å². The lowest BCUT2D eigenvalue weighted by Crippen LogP contribution is -2.50. The van der Waals surface area contributed by atoms with E-state index in [1.54, 1.807) is 19.1 Å². The molecule has 3 aliphatic heterocycles. The van der Waals surface area contributed by atoms with Gasteiger partial charge in [0, 0.05) is 25.2 Å². The van der Waals surface area contributed by atoms with E-state index in [-0.39, 0.29) is 6.61 Å². The molecule has 0 bridgehead atoms. The van der Waals surface area contributed by atoms with Crippen LogP contribution < -0.4 is 5.48 Å². The Morgan fingerprint density at radius 2 is 2.00 bits per heavy atom. The molecule has 35 heavy (non-hydrogen) atoms. The number of hydrogen-bond donors (Lipinski definition) is 2. The normalized spacial score (nSPS) is 22.7. The Balaban J connectivity index is 1.65. The van der Waals surface area contributed by atoms with Crippen molar-refractivity contribution in [3.63, 3.8) is 0 Å². The molecule has 9 heteroatoms. The van der Waals surface area contributed by atoms with Crippen LogP contribution in [0, 0.1) is 11.2 Å². The molecule has 0 spiro atoms. The molecule has 0 aliphatic carbocycles. The molecule has 3 aliphatic rings. The number of hydrogen-bond acceptors (Lipinski definition) is 7. The average Bonchev–Trinajstić information content (AvgIpc) is 3.29. The molecule has 0 aromatic heterocycles. The molecule has 0 radical (unpaired) electrons. The number of rotatable bonds is 7. The highest BCUT2D eigenvalue weighted by Crippen LogP contribution is 2.42. The Bertz CT molecular complexity index is 1060. The molecule has 2 saturated heterocycles. The van der Waals surface area contributed by atoms with Gasteiger partial charge in [0.25, 0.3) is 5.72 Å². The SMILES string of the molecule is C=CC(C=CC(=N)N1CCOCC1)=CC1=C2NOC(C(=O)OCC)(c3ccc(F)cc3)N2CCC1. The van der Waals surface area contributed by atoms with Gasteiger partial charge in [-0.3, -0.25) is 5.41 Å².